The summed E-state index contributed by atoms with van der Waals surface area (Å²) in [6, 6.07) is 0. The number of rotatable bonds is 4. The van der Waals surface area contributed by atoms with Crippen LogP contribution in [-0.4, -0.2) is 24.2 Å². The Hall–Kier alpha value is -0.570. The summed E-state index contributed by atoms with van der Waals surface area (Å²) in [5, 5.41) is 3.37. The molecule has 3 heteroatoms. The third-order valence-electron chi connectivity index (χ3n) is 4.86. The van der Waals surface area contributed by atoms with Crippen molar-refractivity contribution >= 4 is 5.97 Å². The first-order valence-electron chi connectivity index (χ1n) is 7.68. The number of carbonyl (C=O) groups is 1. The van der Waals surface area contributed by atoms with Crippen LogP contribution in [-0.2, 0) is 9.53 Å². The lowest BCUT2D eigenvalue weighted by molar-refractivity contribution is -0.161. The first-order chi connectivity index (χ1) is 8.72. The monoisotopic (exact) mass is 253 g/mol. The van der Waals surface area contributed by atoms with Crippen molar-refractivity contribution in [2.24, 2.45) is 5.92 Å². The normalized spacial score (nSPS) is 36.6. The number of ether oxygens (including phenoxy) is 1. The highest BCUT2D eigenvalue weighted by atomic mass is 16.5. The summed E-state index contributed by atoms with van der Waals surface area (Å²) in [5.74, 6) is 0.589. The molecule has 1 saturated heterocycles. The average Bonchev–Trinajstić information content (AvgIpc) is 2.89. The molecule has 3 unspecified atom stereocenters. The largest absolute Gasteiger partial charge is 0.461 e. The van der Waals surface area contributed by atoms with E-state index in [0.717, 1.165) is 38.6 Å². The van der Waals surface area contributed by atoms with Crippen molar-refractivity contribution in [3.8, 4) is 0 Å². The zero-order valence-electron chi connectivity index (χ0n) is 11.8. The molecule has 2 rings (SSSR count). The van der Waals surface area contributed by atoms with Crippen molar-refractivity contribution in [2.45, 2.75) is 76.9 Å². The third-order valence-corrected chi connectivity index (χ3v) is 4.86. The van der Waals surface area contributed by atoms with E-state index in [-0.39, 0.29) is 17.6 Å². The minimum atomic E-state index is -0.379. The van der Waals surface area contributed by atoms with Gasteiger partial charge >= 0.3 is 5.97 Å². The molecule has 2 aliphatic rings. The molecule has 18 heavy (non-hydrogen) atoms. The minimum absolute atomic E-state index is 0.00727. The van der Waals surface area contributed by atoms with Gasteiger partial charge in [-0.2, -0.15) is 0 Å². The van der Waals surface area contributed by atoms with E-state index in [1.165, 1.54) is 19.3 Å². The molecule has 0 bridgehead atoms. The molecule has 0 spiro atoms. The summed E-state index contributed by atoms with van der Waals surface area (Å²) in [6.45, 7) is 5.24. The molecule has 1 saturated carbocycles. The molecule has 1 aliphatic carbocycles. The summed E-state index contributed by atoms with van der Waals surface area (Å²) in [4.78, 5) is 12.4. The average molecular weight is 253 g/mol. The number of hydrogen-bond donors (Lipinski definition) is 1. The lowest BCUT2D eigenvalue weighted by Gasteiger charge is -2.34. The van der Waals surface area contributed by atoms with Gasteiger partial charge in [-0.15, -0.1) is 0 Å². The third kappa shape index (κ3) is 2.71. The van der Waals surface area contributed by atoms with E-state index in [9.17, 15) is 4.79 Å². The van der Waals surface area contributed by atoms with E-state index >= 15 is 0 Å². The lowest BCUT2D eigenvalue weighted by atomic mass is 9.84. The SMILES string of the molecule is CCC1CCCCC1OC(=O)C1(CC)CCCN1. The van der Waals surface area contributed by atoms with Crippen molar-refractivity contribution < 1.29 is 9.53 Å². The fraction of sp³-hybridized carbons (Fsp3) is 0.933. The van der Waals surface area contributed by atoms with Gasteiger partial charge in [0.1, 0.15) is 11.6 Å². The summed E-state index contributed by atoms with van der Waals surface area (Å²) in [5.41, 5.74) is -0.379. The number of carbonyl (C=O) groups excluding carboxylic acids is 1. The summed E-state index contributed by atoms with van der Waals surface area (Å²) in [7, 11) is 0. The van der Waals surface area contributed by atoms with Crippen LogP contribution in [0.25, 0.3) is 0 Å². The van der Waals surface area contributed by atoms with E-state index in [0.29, 0.717) is 5.92 Å². The molecule has 0 aromatic carbocycles. The van der Waals surface area contributed by atoms with Gasteiger partial charge < -0.3 is 10.1 Å². The minimum Gasteiger partial charge on any atom is -0.461 e. The van der Waals surface area contributed by atoms with E-state index in [2.05, 4.69) is 19.2 Å². The van der Waals surface area contributed by atoms with Crippen molar-refractivity contribution in [1.29, 1.82) is 0 Å². The van der Waals surface area contributed by atoms with Gasteiger partial charge in [0.2, 0.25) is 0 Å². The van der Waals surface area contributed by atoms with Crippen molar-refractivity contribution in [3.63, 3.8) is 0 Å². The first kappa shape index (κ1) is 13.9. The molecular formula is C15H27NO2. The molecule has 3 atom stereocenters. The molecule has 1 heterocycles. The van der Waals surface area contributed by atoms with Crippen molar-refractivity contribution in [3.05, 3.63) is 0 Å². The van der Waals surface area contributed by atoms with Gasteiger partial charge in [0, 0.05) is 0 Å². The Balaban J connectivity index is 1.96. The van der Waals surface area contributed by atoms with Gasteiger partial charge in [-0.25, -0.2) is 0 Å². The molecule has 104 valence electrons. The zero-order chi connectivity index (χ0) is 13.0. The van der Waals surface area contributed by atoms with Crippen LogP contribution in [0.2, 0.25) is 0 Å². The number of hydrogen-bond acceptors (Lipinski definition) is 3. The Kier molecular flexibility index (Phi) is 4.66. The maximum absolute atomic E-state index is 12.4. The molecule has 3 nitrogen and oxygen atoms in total. The molecule has 1 N–H and O–H groups in total. The quantitative estimate of drug-likeness (QED) is 0.783. The highest BCUT2D eigenvalue weighted by molar-refractivity contribution is 5.81. The van der Waals surface area contributed by atoms with Gasteiger partial charge in [0.15, 0.2) is 0 Å². The second-order valence-electron chi connectivity index (χ2n) is 5.86. The highest BCUT2D eigenvalue weighted by Crippen LogP contribution is 2.32. The Labute approximate surface area is 111 Å². The predicted molar refractivity (Wildman–Crippen MR) is 72.4 cm³/mol. The topological polar surface area (TPSA) is 38.3 Å². The summed E-state index contributed by atoms with van der Waals surface area (Å²) in [6.07, 6.45) is 8.95. The molecule has 0 aromatic heterocycles. The van der Waals surface area contributed by atoms with E-state index < -0.39 is 0 Å². The molecule has 0 amide bonds. The van der Waals surface area contributed by atoms with E-state index in [4.69, 9.17) is 4.74 Å². The van der Waals surface area contributed by atoms with Gasteiger partial charge in [0.25, 0.3) is 0 Å². The van der Waals surface area contributed by atoms with Gasteiger partial charge in [-0.05, 0) is 57.4 Å². The van der Waals surface area contributed by atoms with Crippen LogP contribution in [0.4, 0.5) is 0 Å². The lowest BCUT2D eigenvalue weighted by Crippen LogP contribution is -2.50. The Morgan fingerprint density at radius 3 is 2.67 bits per heavy atom. The number of nitrogens with one attached hydrogen (secondary N) is 1. The van der Waals surface area contributed by atoms with Crippen LogP contribution in [0.3, 0.4) is 0 Å². The smallest absolute Gasteiger partial charge is 0.326 e. The molecule has 0 radical (unpaired) electrons. The maximum Gasteiger partial charge on any atom is 0.326 e. The van der Waals surface area contributed by atoms with E-state index in [1.54, 1.807) is 0 Å². The van der Waals surface area contributed by atoms with Gasteiger partial charge in [-0.3, -0.25) is 4.79 Å². The van der Waals surface area contributed by atoms with Crippen LogP contribution in [0.5, 0.6) is 0 Å². The standard InChI is InChI=1S/C15H27NO2/c1-3-12-8-5-6-9-13(12)18-14(17)15(4-2)10-7-11-16-15/h12-13,16H,3-11H2,1-2H3. The second-order valence-corrected chi connectivity index (χ2v) is 5.86. The summed E-state index contributed by atoms with van der Waals surface area (Å²) >= 11 is 0. The molecule has 0 aromatic rings. The Morgan fingerprint density at radius 1 is 1.28 bits per heavy atom. The summed E-state index contributed by atoms with van der Waals surface area (Å²) < 4.78 is 5.87. The van der Waals surface area contributed by atoms with Crippen LogP contribution in [0.15, 0.2) is 0 Å². The van der Waals surface area contributed by atoms with Crippen molar-refractivity contribution in [1.82, 2.24) is 5.32 Å². The second kappa shape index (κ2) is 6.05. The number of esters is 1. The van der Waals surface area contributed by atoms with Crippen LogP contribution in [0, 0.1) is 5.92 Å². The van der Waals surface area contributed by atoms with Gasteiger partial charge in [0.05, 0.1) is 0 Å². The Bertz CT molecular complexity index is 284. The van der Waals surface area contributed by atoms with Crippen LogP contribution in [0.1, 0.15) is 65.2 Å². The van der Waals surface area contributed by atoms with Gasteiger partial charge in [-0.1, -0.05) is 20.3 Å². The molecular weight excluding hydrogens is 226 g/mol. The van der Waals surface area contributed by atoms with Crippen LogP contribution >= 0.6 is 0 Å². The fourth-order valence-electron chi connectivity index (χ4n) is 3.47. The molecule has 1 aliphatic heterocycles. The molecule has 2 fully saturated rings. The fourth-order valence-corrected chi connectivity index (χ4v) is 3.47. The van der Waals surface area contributed by atoms with Crippen molar-refractivity contribution in [2.75, 3.05) is 6.54 Å². The van der Waals surface area contributed by atoms with Crippen LogP contribution < -0.4 is 5.32 Å². The maximum atomic E-state index is 12.4. The van der Waals surface area contributed by atoms with E-state index in [1.807, 2.05) is 0 Å². The predicted octanol–water partition coefficient (Wildman–Crippen LogP) is 3.03. The first-order valence-corrected chi connectivity index (χ1v) is 7.68. The Morgan fingerprint density at radius 2 is 2.06 bits per heavy atom. The zero-order valence-corrected chi connectivity index (χ0v) is 11.8. The highest BCUT2D eigenvalue weighted by Gasteiger charge is 2.42.